The van der Waals surface area contributed by atoms with E-state index in [2.05, 4.69) is 57.7 Å². The number of halogens is 1. The first kappa shape index (κ1) is 24.9. The molecule has 1 amide bonds. The first-order chi connectivity index (χ1) is 14.2. The molecule has 0 bridgehead atoms. The summed E-state index contributed by atoms with van der Waals surface area (Å²) in [6.07, 6.45) is 1.23. The molecule has 2 unspecified atom stereocenters. The van der Waals surface area contributed by atoms with E-state index in [0.717, 1.165) is 45.2 Å². The number of aliphatic imine (C=N–C) groups is 1. The van der Waals surface area contributed by atoms with Crippen molar-refractivity contribution in [3.63, 3.8) is 0 Å². The number of ether oxygens (including phenoxy) is 1. The summed E-state index contributed by atoms with van der Waals surface area (Å²) in [6, 6.07) is 10.8. The van der Waals surface area contributed by atoms with Crippen molar-refractivity contribution in [2.75, 3.05) is 66.1 Å². The van der Waals surface area contributed by atoms with Crippen molar-refractivity contribution in [1.82, 2.24) is 20.4 Å². The Kier molecular flexibility index (Phi) is 10.9. The summed E-state index contributed by atoms with van der Waals surface area (Å²) in [5.41, 5.74) is 1.44. The summed E-state index contributed by atoms with van der Waals surface area (Å²) in [5, 5.41) is 6.33. The summed E-state index contributed by atoms with van der Waals surface area (Å²) in [6.45, 7) is 8.96. The lowest BCUT2D eigenvalue weighted by Crippen LogP contribution is -2.54. The topological polar surface area (TPSA) is 69.2 Å². The standard InChI is InChI=1S/C22H35N5O2.HI/c1-3-23-22(25-16-19-15-20(19)18-7-5-4-6-8-18)27-12-10-26(11-13-27)17-21(28)24-9-14-29-2;/h4-8,19-20H,3,9-17H2,1-2H3,(H,23,25)(H,24,28);1H. The number of piperazine rings is 1. The molecular formula is C22H36IN5O2. The lowest BCUT2D eigenvalue weighted by Gasteiger charge is -2.36. The lowest BCUT2D eigenvalue weighted by atomic mass is 10.1. The number of methoxy groups -OCH3 is 1. The molecule has 1 heterocycles. The van der Waals surface area contributed by atoms with Crippen molar-refractivity contribution >= 4 is 35.8 Å². The van der Waals surface area contributed by atoms with Gasteiger partial charge in [-0.25, -0.2) is 0 Å². The number of guanidine groups is 1. The van der Waals surface area contributed by atoms with Crippen LogP contribution in [0.3, 0.4) is 0 Å². The Labute approximate surface area is 197 Å². The van der Waals surface area contributed by atoms with Gasteiger partial charge in [-0.15, -0.1) is 24.0 Å². The molecule has 3 rings (SSSR count). The van der Waals surface area contributed by atoms with Crippen molar-refractivity contribution in [3.8, 4) is 0 Å². The first-order valence-corrected chi connectivity index (χ1v) is 10.8. The Morgan fingerprint density at radius 3 is 2.57 bits per heavy atom. The molecule has 8 heteroatoms. The third-order valence-corrected chi connectivity index (χ3v) is 5.63. The molecule has 7 nitrogen and oxygen atoms in total. The number of amides is 1. The van der Waals surface area contributed by atoms with Gasteiger partial charge in [-0.05, 0) is 30.7 Å². The molecule has 30 heavy (non-hydrogen) atoms. The van der Waals surface area contributed by atoms with E-state index in [1.54, 1.807) is 7.11 Å². The number of hydrogen-bond donors (Lipinski definition) is 2. The molecule has 2 aliphatic rings. The Bertz CT molecular complexity index is 665. The van der Waals surface area contributed by atoms with Gasteiger partial charge in [-0.1, -0.05) is 30.3 Å². The van der Waals surface area contributed by atoms with Crippen LogP contribution in [0.15, 0.2) is 35.3 Å². The lowest BCUT2D eigenvalue weighted by molar-refractivity contribution is -0.122. The first-order valence-electron chi connectivity index (χ1n) is 10.8. The number of hydrogen-bond acceptors (Lipinski definition) is 4. The van der Waals surface area contributed by atoms with E-state index in [4.69, 9.17) is 9.73 Å². The van der Waals surface area contributed by atoms with E-state index >= 15 is 0 Å². The van der Waals surface area contributed by atoms with Crippen LogP contribution in [0.4, 0.5) is 0 Å². The van der Waals surface area contributed by atoms with Gasteiger partial charge in [-0.3, -0.25) is 14.7 Å². The quantitative estimate of drug-likeness (QED) is 0.221. The molecule has 1 aromatic carbocycles. The molecule has 1 saturated heterocycles. The SMILES string of the molecule is CCNC(=NCC1CC1c1ccccc1)N1CCN(CC(=O)NCCOC)CC1.I. The monoisotopic (exact) mass is 529 g/mol. The average Bonchev–Trinajstić information content (AvgIpc) is 3.52. The van der Waals surface area contributed by atoms with E-state index < -0.39 is 0 Å². The second-order valence-corrected chi connectivity index (χ2v) is 7.81. The zero-order chi connectivity index (χ0) is 20.5. The van der Waals surface area contributed by atoms with Crippen molar-refractivity contribution in [1.29, 1.82) is 0 Å². The molecule has 2 N–H and O–H groups in total. The van der Waals surface area contributed by atoms with Crippen LogP contribution >= 0.6 is 24.0 Å². The van der Waals surface area contributed by atoms with E-state index in [0.29, 0.717) is 31.5 Å². The van der Waals surface area contributed by atoms with Gasteiger partial charge in [0.15, 0.2) is 5.96 Å². The molecular weight excluding hydrogens is 493 g/mol. The van der Waals surface area contributed by atoms with Crippen molar-refractivity contribution in [2.45, 2.75) is 19.3 Å². The van der Waals surface area contributed by atoms with Gasteiger partial charge >= 0.3 is 0 Å². The highest BCUT2D eigenvalue weighted by molar-refractivity contribution is 14.0. The zero-order valence-electron chi connectivity index (χ0n) is 18.2. The normalized spacial score (nSPS) is 21.7. The average molecular weight is 529 g/mol. The molecule has 2 atom stereocenters. The van der Waals surface area contributed by atoms with Crippen LogP contribution in [0.1, 0.15) is 24.8 Å². The summed E-state index contributed by atoms with van der Waals surface area (Å²) < 4.78 is 4.97. The van der Waals surface area contributed by atoms with Crippen molar-refractivity contribution in [2.24, 2.45) is 10.9 Å². The highest BCUT2D eigenvalue weighted by Crippen LogP contribution is 2.47. The fourth-order valence-electron chi connectivity index (χ4n) is 3.86. The Morgan fingerprint density at radius 2 is 1.90 bits per heavy atom. The summed E-state index contributed by atoms with van der Waals surface area (Å²) in [4.78, 5) is 21.4. The number of benzene rings is 1. The number of rotatable bonds is 9. The number of carbonyl (C=O) groups is 1. The van der Waals surface area contributed by atoms with Crippen LogP contribution in [0.2, 0.25) is 0 Å². The Hall–Kier alpha value is -1.39. The maximum Gasteiger partial charge on any atom is 0.234 e. The van der Waals surface area contributed by atoms with Gasteiger partial charge in [-0.2, -0.15) is 0 Å². The van der Waals surface area contributed by atoms with Gasteiger partial charge in [0.25, 0.3) is 0 Å². The number of nitrogens with one attached hydrogen (secondary N) is 2. The smallest absolute Gasteiger partial charge is 0.234 e. The molecule has 2 fully saturated rings. The second kappa shape index (κ2) is 13.1. The second-order valence-electron chi connectivity index (χ2n) is 7.81. The molecule has 0 aromatic heterocycles. The molecule has 168 valence electrons. The highest BCUT2D eigenvalue weighted by Gasteiger charge is 2.38. The summed E-state index contributed by atoms with van der Waals surface area (Å²) in [5.74, 6) is 2.40. The molecule has 1 aromatic rings. The zero-order valence-corrected chi connectivity index (χ0v) is 20.5. The van der Waals surface area contributed by atoms with Crippen LogP contribution < -0.4 is 10.6 Å². The third kappa shape index (κ3) is 7.70. The van der Waals surface area contributed by atoms with Crippen LogP contribution in [0, 0.1) is 5.92 Å². The van der Waals surface area contributed by atoms with Crippen LogP contribution in [-0.4, -0.2) is 87.7 Å². The minimum atomic E-state index is 0. The fraction of sp³-hybridized carbons (Fsp3) is 0.636. The summed E-state index contributed by atoms with van der Waals surface area (Å²) >= 11 is 0. The van der Waals surface area contributed by atoms with E-state index in [1.165, 1.54) is 12.0 Å². The van der Waals surface area contributed by atoms with Crippen molar-refractivity contribution in [3.05, 3.63) is 35.9 Å². The molecule has 1 aliphatic carbocycles. The van der Waals surface area contributed by atoms with E-state index in [9.17, 15) is 4.79 Å². The minimum Gasteiger partial charge on any atom is -0.383 e. The number of carbonyl (C=O) groups excluding carboxylic acids is 1. The molecule has 1 saturated carbocycles. The van der Waals surface area contributed by atoms with Gasteiger partial charge in [0.1, 0.15) is 0 Å². The Balaban J connectivity index is 0.00000320. The van der Waals surface area contributed by atoms with Gasteiger partial charge < -0.3 is 20.3 Å². The predicted molar refractivity (Wildman–Crippen MR) is 132 cm³/mol. The van der Waals surface area contributed by atoms with E-state index in [-0.39, 0.29) is 29.9 Å². The predicted octanol–water partition coefficient (Wildman–Crippen LogP) is 1.75. The van der Waals surface area contributed by atoms with Crippen LogP contribution in [0.5, 0.6) is 0 Å². The van der Waals surface area contributed by atoms with Gasteiger partial charge in [0.2, 0.25) is 5.91 Å². The van der Waals surface area contributed by atoms with Crippen LogP contribution in [-0.2, 0) is 9.53 Å². The summed E-state index contributed by atoms with van der Waals surface area (Å²) in [7, 11) is 1.64. The van der Waals surface area contributed by atoms with Gasteiger partial charge in [0, 0.05) is 52.9 Å². The number of nitrogens with zero attached hydrogens (tertiary/aromatic N) is 3. The highest BCUT2D eigenvalue weighted by atomic mass is 127. The third-order valence-electron chi connectivity index (χ3n) is 5.63. The minimum absolute atomic E-state index is 0. The molecule has 1 aliphatic heterocycles. The molecule has 0 radical (unpaired) electrons. The van der Waals surface area contributed by atoms with Crippen LogP contribution in [0.25, 0.3) is 0 Å². The van der Waals surface area contributed by atoms with Gasteiger partial charge in [0.05, 0.1) is 13.2 Å². The largest absolute Gasteiger partial charge is 0.383 e. The fourth-order valence-corrected chi connectivity index (χ4v) is 3.86. The maximum absolute atomic E-state index is 12.0. The molecule has 0 spiro atoms. The Morgan fingerprint density at radius 1 is 1.17 bits per heavy atom. The maximum atomic E-state index is 12.0. The van der Waals surface area contributed by atoms with E-state index in [1.807, 2.05) is 0 Å². The van der Waals surface area contributed by atoms with Crippen molar-refractivity contribution < 1.29 is 9.53 Å².